The molecule has 4 bridgehead atoms. The summed E-state index contributed by atoms with van der Waals surface area (Å²) in [6, 6.07) is 16.0. The first kappa shape index (κ1) is 16.6. The molecule has 4 aliphatic carbocycles. The minimum Gasteiger partial charge on any atom is -0.294 e. The molecule has 2 aromatic carbocycles. The number of hydrogen-bond acceptors (Lipinski definition) is 2. The van der Waals surface area contributed by atoms with Crippen LogP contribution in [0.3, 0.4) is 0 Å². The zero-order valence-electron chi connectivity index (χ0n) is 14.1. The van der Waals surface area contributed by atoms with E-state index in [1.807, 2.05) is 24.3 Å². The van der Waals surface area contributed by atoms with Gasteiger partial charge in [-0.15, -0.1) is 0 Å². The van der Waals surface area contributed by atoms with Gasteiger partial charge in [0.25, 0.3) is 0 Å². The van der Waals surface area contributed by atoms with Gasteiger partial charge in [-0.2, -0.15) is 0 Å². The molecule has 4 aliphatic rings. The fourth-order valence-corrected chi connectivity index (χ4v) is 3.23. The Morgan fingerprint density at radius 1 is 0.458 bits per heavy atom. The fraction of sp³-hybridized carbons (Fsp3) is 0.364. The van der Waals surface area contributed by atoms with Gasteiger partial charge in [0.15, 0.2) is 11.6 Å². The first-order valence-electron chi connectivity index (χ1n) is 8.97. The highest BCUT2D eigenvalue weighted by Gasteiger charge is 2.08. The molecule has 6 rings (SSSR count). The summed E-state index contributed by atoms with van der Waals surface area (Å²) < 4.78 is 0. The second-order valence-corrected chi connectivity index (χ2v) is 6.65. The molecular formula is C22H24O2. The van der Waals surface area contributed by atoms with Crippen LogP contribution in [0.4, 0.5) is 0 Å². The SMILES string of the molecule is O=C1CCCCc2ccc(cc2)C(=O)CCCCc2ccc1cc2. The van der Waals surface area contributed by atoms with Crippen molar-refractivity contribution in [2.45, 2.75) is 51.4 Å². The van der Waals surface area contributed by atoms with Crippen molar-refractivity contribution in [2.24, 2.45) is 0 Å². The van der Waals surface area contributed by atoms with Crippen LogP contribution in [0.2, 0.25) is 0 Å². The van der Waals surface area contributed by atoms with Crippen molar-refractivity contribution in [1.29, 1.82) is 0 Å². The van der Waals surface area contributed by atoms with Crippen LogP contribution in [0.5, 0.6) is 0 Å². The maximum absolute atomic E-state index is 12.2. The van der Waals surface area contributed by atoms with E-state index >= 15 is 0 Å². The molecule has 2 aromatic rings. The molecular weight excluding hydrogens is 296 g/mol. The number of carbonyl (C=O) groups excluding carboxylic acids is 2. The highest BCUT2D eigenvalue weighted by molar-refractivity contribution is 5.96. The van der Waals surface area contributed by atoms with Crippen LogP contribution in [0.15, 0.2) is 48.5 Å². The molecule has 2 heteroatoms. The predicted octanol–water partition coefficient (Wildman–Crippen LogP) is 5.19. The standard InChI is InChI=1S/C22H24O2/c23-21-7-3-1-5-17-9-13-20(14-10-17)22(24)8-4-2-6-18-11-15-19(21)16-12-18/h9-16H,1-8H2. The molecule has 0 N–H and O–H groups in total. The first-order chi connectivity index (χ1) is 11.7. The lowest BCUT2D eigenvalue weighted by Crippen LogP contribution is -2.02. The summed E-state index contributed by atoms with van der Waals surface area (Å²) >= 11 is 0. The lowest BCUT2D eigenvalue weighted by atomic mass is 9.97. The average molecular weight is 320 g/mol. The molecule has 0 amide bonds. The van der Waals surface area contributed by atoms with Crippen LogP contribution in [0.1, 0.15) is 70.4 Å². The monoisotopic (exact) mass is 320 g/mol. The molecule has 0 spiro atoms. The number of ketones is 2. The summed E-state index contributed by atoms with van der Waals surface area (Å²) in [6.07, 6.45) is 6.93. The maximum atomic E-state index is 12.2. The smallest absolute Gasteiger partial charge is 0.162 e. The van der Waals surface area contributed by atoms with Crippen LogP contribution >= 0.6 is 0 Å². The quantitative estimate of drug-likeness (QED) is 0.669. The summed E-state index contributed by atoms with van der Waals surface area (Å²) in [5.41, 5.74) is 4.12. The van der Waals surface area contributed by atoms with E-state index in [9.17, 15) is 9.59 Å². The minimum absolute atomic E-state index is 0.239. The van der Waals surface area contributed by atoms with E-state index < -0.39 is 0 Å². The Labute approximate surface area is 143 Å². The van der Waals surface area contributed by atoms with Crippen LogP contribution in [0, 0.1) is 0 Å². The van der Waals surface area contributed by atoms with E-state index in [1.54, 1.807) is 0 Å². The highest BCUT2D eigenvalue weighted by atomic mass is 16.1. The van der Waals surface area contributed by atoms with E-state index in [-0.39, 0.29) is 11.6 Å². The Kier molecular flexibility index (Phi) is 5.58. The van der Waals surface area contributed by atoms with Crippen molar-refractivity contribution in [3.05, 3.63) is 70.8 Å². The van der Waals surface area contributed by atoms with Gasteiger partial charge in [-0.05, 0) is 49.7 Å². The molecule has 0 aromatic heterocycles. The molecule has 0 heterocycles. The lowest BCUT2D eigenvalue weighted by molar-refractivity contribution is 0.0971. The number of Topliss-reactive ketones (excluding diaryl/α,β-unsaturated/α-hetero) is 2. The minimum atomic E-state index is 0.239. The average Bonchev–Trinajstić information content (AvgIpc) is 2.62. The molecule has 0 saturated carbocycles. The van der Waals surface area contributed by atoms with Crippen LogP contribution in [-0.2, 0) is 12.8 Å². The molecule has 0 saturated heterocycles. The Morgan fingerprint density at radius 3 is 1.17 bits per heavy atom. The molecule has 2 nitrogen and oxygen atoms in total. The van der Waals surface area contributed by atoms with E-state index in [4.69, 9.17) is 0 Å². The summed E-state index contributed by atoms with van der Waals surface area (Å²) in [7, 11) is 0. The van der Waals surface area contributed by atoms with Crippen molar-refractivity contribution in [3.8, 4) is 0 Å². The zero-order chi connectivity index (χ0) is 16.8. The highest BCUT2D eigenvalue weighted by Crippen LogP contribution is 2.16. The maximum Gasteiger partial charge on any atom is 0.162 e. The van der Waals surface area contributed by atoms with Crippen LogP contribution < -0.4 is 0 Å². The van der Waals surface area contributed by atoms with Crippen molar-refractivity contribution < 1.29 is 9.59 Å². The molecule has 0 atom stereocenters. The van der Waals surface area contributed by atoms with Gasteiger partial charge in [-0.25, -0.2) is 0 Å². The number of carbonyl (C=O) groups is 2. The first-order valence-corrected chi connectivity index (χ1v) is 8.97. The molecule has 124 valence electrons. The number of rotatable bonds is 0. The van der Waals surface area contributed by atoms with Crippen molar-refractivity contribution in [3.63, 3.8) is 0 Å². The van der Waals surface area contributed by atoms with E-state index in [0.29, 0.717) is 12.8 Å². The van der Waals surface area contributed by atoms with E-state index in [2.05, 4.69) is 24.3 Å². The third-order valence-electron chi connectivity index (χ3n) is 4.79. The molecule has 0 unspecified atom stereocenters. The zero-order valence-corrected chi connectivity index (χ0v) is 14.1. The van der Waals surface area contributed by atoms with E-state index in [0.717, 1.165) is 49.7 Å². The normalized spacial score (nSPS) is 16.8. The third kappa shape index (κ3) is 4.41. The van der Waals surface area contributed by atoms with Crippen molar-refractivity contribution in [2.75, 3.05) is 0 Å². The van der Waals surface area contributed by atoms with E-state index in [1.165, 1.54) is 11.1 Å². The van der Waals surface area contributed by atoms with Crippen molar-refractivity contribution >= 4 is 11.6 Å². The summed E-state index contributed by atoms with van der Waals surface area (Å²) in [4.78, 5) is 24.5. The molecule has 0 fully saturated rings. The molecule has 0 aliphatic heterocycles. The Hall–Kier alpha value is -2.22. The predicted molar refractivity (Wildman–Crippen MR) is 96.7 cm³/mol. The van der Waals surface area contributed by atoms with Gasteiger partial charge >= 0.3 is 0 Å². The van der Waals surface area contributed by atoms with Gasteiger partial charge < -0.3 is 0 Å². The van der Waals surface area contributed by atoms with Gasteiger partial charge in [-0.3, -0.25) is 9.59 Å². The largest absolute Gasteiger partial charge is 0.294 e. The van der Waals surface area contributed by atoms with Gasteiger partial charge in [0.2, 0.25) is 0 Å². The second-order valence-electron chi connectivity index (χ2n) is 6.65. The van der Waals surface area contributed by atoms with Gasteiger partial charge in [0.1, 0.15) is 0 Å². The number of aryl methyl sites for hydroxylation is 2. The Bertz CT molecular complexity index is 632. The third-order valence-corrected chi connectivity index (χ3v) is 4.79. The summed E-state index contributed by atoms with van der Waals surface area (Å²) in [6.45, 7) is 0. The Morgan fingerprint density at radius 2 is 0.792 bits per heavy atom. The van der Waals surface area contributed by atoms with Crippen LogP contribution in [-0.4, -0.2) is 11.6 Å². The number of hydrogen-bond donors (Lipinski definition) is 0. The van der Waals surface area contributed by atoms with Gasteiger partial charge in [0, 0.05) is 24.0 Å². The second kappa shape index (κ2) is 8.05. The van der Waals surface area contributed by atoms with Gasteiger partial charge in [0.05, 0.1) is 0 Å². The molecule has 0 radical (unpaired) electrons. The Balaban J connectivity index is 1.72. The molecule has 24 heavy (non-hydrogen) atoms. The lowest BCUT2D eigenvalue weighted by Gasteiger charge is -2.07. The van der Waals surface area contributed by atoms with Crippen molar-refractivity contribution in [1.82, 2.24) is 0 Å². The number of benzene rings is 2. The van der Waals surface area contributed by atoms with Crippen LogP contribution in [0.25, 0.3) is 0 Å². The fourth-order valence-electron chi connectivity index (χ4n) is 3.23. The summed E-state index contributed by atoms with van der Waals surface area (Å²) in [5, 5.41) is 0. The van der Waals surface area contributed by atoms with Gasteiger partial charge in [-0.1, -0.05) is 48.5 Å². The topological polar surface area (TPSA) is 34.1 Å². The summed E-state index contributed by atoms with van der Waals surface area (Å²) in [5.74, 6) is 0.479.